The first-order valence-corrected chi connectivity index (χ1v) is 7.07. The highest BCUT2D eigenvalue weighted by Gasteiger charge is 2.05. The highest BCUT2D eigenvalue weighted by molar-refractivity contribution is 7.99. The first-order chi connectivity index (χ1) is 9.22. The lowest BCUT2D eigenvalue weighted by Gasteiger charge is -2.05. The van der Waals surface area contributed by atoms with Gasteiger partial charge in [0, 0.05) is 16.7 Å². The van der Waals surface area contributed by atoms with Crippen LogP contribution in [0.25, 0.3) is 10.8 Å². The van der Waals surface area contributed by atoms with E-state index in [1.165, 1.54) is 10.8 Å². The van der Waals surface area contributed by atoms with Gasteiger partial charge in [0.05, 0.1) is 0 Å². The topological polar surface area (TPSA) is 25.8 Å². The second-order valence-electron chi connectivity index (χ2n) is 4.24. The molecule has 0 aliphatic heterocycles. The molecule has 0 radical (unpaired) electrons. The van der Waals surface area contributed by atoms with Crippen molar-refractivity contribution in [3.63, 3.8) is 0 Å². The molecule has 0 fully saturated rings. The molecule has 2 nitrogen and oxygen atoms in total. The Morgan fingerprint density at radius 3 is 2.68 bits per heavy atom. The van der Waals surface area contributed by atoms with Crippen LogP contribution in [0, 0.1) is 6.92 Å². The van der Waals surface area contributed by atoms with E-state index >= 15 is 0 Å². The molecule has 19 heavy (non-hydrogen) atoms. The monoisotopic (exact) mass is 286 g/mol. The zero-order valence-corrected chi connectivity index (χ0v) is 11.9. The van der Waals surface area contributed by atoms with Gasteiger partial charge in [0.25, 0.3) is 0 Å². The van der Waals surface area contributed by atoms with Crippen molar-refractivity contribution in [2.75, 3.05) is 0 Å². The van der Waals surface area contributed by atoms with Gasteiger partial charge in [-0.1, -0.05) is 42.1 Å². The molecule has 0 bridgehead atoms. The molecule has 1 aromatic heterocycles. The van der Waals surface area contributed by atoms with Crippen molar-refractivity contribution in [1.29, 1.82) is 0 Å². The molecule has 3 rings (SSSR count). The highest BCUT2D eigenvalue weighted by atomic mass is 35.5. The van der Waals surface area contributed by atoms with Crippen LogP contribution >= 0.6 is 23.4 Å². The third-order valence-corrected chi connectivity index (χ3v) is 4.11. The van der Waals surface area contributed by atoms with E-state index in [-0.39, 0.29) is 5.28 Å². The van der Waals surface area contributed by atoms with E-state index < -0.39 is 0 Å². The summed E-state index contributed by atoms with van der Waals surface area (Å²) in [6.07, 6.45) is 1.75. The maximum atomic E-state index is 5.84. The van der Waals surface area contributed by atoms with Crippen LogP contribution in [-0.2, 0) is 0 Å². The maximum absolute atomic E-state index is 5.84. The summed E-state index contributed by atoms with van der Waals surface area (Å²) in [6, 6.07) is 14.7. The Balaban J connectivity index is 1.98. The van der Waals surface area contributed by atoms with Crippen molar-refractivity contribution in [3.8, 4) is 0 Å². The lowest BCUT2D eigenvalue weighted by atomic mass is 10.1. The molecule has 0 aliphatic carbocycles. The lowest BCUT2D eigenvalue weighted by molar-refractivity contribution is 1.00. The Bertz CT molecular complexity index is 743. The van der Waals surface area contributed by atoms with Crippen molar-refractivity contribution >= 4 is 34.1 Å². The number of aromatic nitrogens is 2. The summed E-state index contributed by atoms with van der Waals surface area (Å²) >= 11 is 7.45. The molecule has 94 valence electrons. The fourth-order valence-corrected chi connectivity index (χ4v) is 2.93. The third kappa shape index (κ3) is 2.72. The summed E-state index contributed by atoms with van der Waals surface area (Å²) in [5.74, 6) is 0. The summed E-state index contributed by atoms with van der Waals surface area (Å²) in [5.41, 5.74) is 1.03. The standard InChI is InChI=1S/C15H11ClN2S/c1-10-9-17-15(16)18-14(10)19-13-7-6-11-4-2-3-5-12(11)8-13/h2-9H,1H3. The minimum atomic E-state index is 0.286. The van der Waals surface area contributed by atoms with Crippen LogP contribution in [0.1, 0.15) is 5.56 Å². The zero-order valence-electron chi connectivity index (χ0n) is 10.3. The van der Waals surface area contributed by atoms with Gasteiger partial charge in [0.15, 0.2) is 0 Å². The van der Waals surface area contributed by atoms with Crippen molar-refractivity contribution in [2.45, 2.75) is 16.8 Å². The minimum Gasteiger partial charge on any atom is -0.226 e. The van der Waals surface area contributed by atoms with Crippen LogP contribution in [0.3, 0.4) is 0 Å². The van der Waals surface area contributed by atoms with E-state index in [2.05, 4.69) is 40.3 Å². The van der Waals surface area contributed by atoms with E-state index in [4.69, 9.17) is 11.6 Å². The van der Waals surface area contributed by atoms with Crippen LogP contribution < -0.4 is 0 Å². The van der Waals surface area contributed by atoms with Gasteiger partial charge in [-0.15, -0.1) is 0 Å². The maximum Gasteiger partial charge on any atom is 0.223 e. The number of rotatable bonds is 2. The van der Waals surface area contributed by atoms with Gasteiger partial charge >= 0.3 is 0 Å². The SMILES string of the molecule is Cc1cnc(Cl)nc1Sc1ccc2ccccc2c1. The van der Waals surface area contributed by atoms with Crippen molar-refractivity contribution in [3.05, 3.63) is 59.5 Å². The van der Waals surface area contributed by atoms with Crippen molar-refractivity contribution in [1.82, 2.24) is 9.97 Å². The van der Waals surface area contributed by atoms with Gasteiger partial charge in [-0.3, -0.25) is 0 Å². The van der Waals surface area contributed by atoms with Crippen molar-refractivity contribution < 1.29 is 0 Å². The lowest BCUT2D eigenvalue weighted by Crippen LogP contribution is -1.89. The molecule has 2 aromatic carbocycles. The number of hydrogen-bond acceptors (Lipinski definition) is 3. The molecule has 0 atom stereocenters. The van der Waals surface area contributed by atoms with Gasteiger partial charge in [-0.25, -0.2) is 9.97 Å². The average molecular weight is 287 g/mol. The molecule has 1 heterocycles. The van der Waals surface area contributed by atoms with E-state index in [1.54, 1.807) is 18.0 Å². The summed E-state index contributed by atoms with van der Waals surface area (Å²) in [7, 11) is 0. The molecule has 3 aromatic rings. The summed E-state index contributed by atoms with van der Waals surface area (Å²) in [6.45, 7) is 1.99. The van der Waals surface area contributed by atoms with Crippen LogP contribution in [0.5, 0.6) is 0 Å². The molecular formula is C15H11ClN2S. The number of fused-ring (bicyclic) bond motifs is 1. The van der Waals surface area contributed by atoms with E-state index in [0.717, 1.165) is 15.5 Å². The predicted molar refractivity (Wildman–Crippen MR) is 79.9 cm³/mol. The second kappa shape index (κ2) is 5.19. The molecule has 0 spiro atoms. The van der Waals surface area contributed by atoms with Gasteiger partial charge < -0.3 is 0 Å². The Labute approximate surface area is 120 Å². The highest BCUT2D eigenvalue weighted by Crippen LogP contribution is 2.31. The molecule has 4 heteroatoms. The molecular weight excluding hydrogens is 276 g/mol. The number of halogens is 1. The van der Waals surface area contributed by atoms with Crippen LogP contribution in [0.4, 0.5) is 0 Å². The fraction of sp³-hybridized carbons (Fsp3) is 0.0667. The number of nitrogens with zero attached hydrogens (tertiary/aromatic N) is 2. The van der Waals surface area contributed by atoms with Crippen LogP contribution in [0.15, 0.2) is 58.6 Å². The molecule has 0 aliphatic rings. The normalized spacial score (nSPS) is 10.8. The third-order valence-electron chi connectivity index (χ3n) is 2.83. The van der Waals surface area contributed by atoms with Crippen molar-refractivity contribution in [2.24, 2.45) is 0 Å². The first-order valence-electron chi connectivity index (χ1n) is 5.88. The molecule has 0 amide bonds. The Kier molecular flexibility index (Phi) is 3.40. The van der Waals surface area contributed by atoms with E-state index in [9.17, 15) is 0 Å². The van der Waals surface area contributed by atoms with Gasteiger partial charge in [-0.2, -0.15) is 0 Å². The average Bonchev–Trinajstić information content (AvgIpc) is 2.43. The zero-order chi connectivity index (χ0) is 13.2. The van der Waals surface area contributed by atoms with Gasteiger partial charge in [0.1, 0.15) is 5.03 Å². The smallest absolute Gasteiger partial charge is 0.223 e. The summed E-state index contributed by atoms with van der Waals surface area (Å²) in [5, 5.41) is 3.65. The minimum absolute atomic E-state index is 0.286. The van der Waals surface area contributed by atoms with Gasteiger partial charge in [-0.05, 0) is 41.4 Å². The summed E-state index contributed by atoms with van der Waals surface area (Å²) in [4.78, 5) is 9.39. The summed E-state index contributed by atoms with van der Waals surface area (Å²) < 4.78 is 0. The largest absolute Gasteiger partial charge is 0.226 e. The van der Waals surface area contributed by atoms with Crippen LogP contribution in [0.2, 0.25) is 5.28 Å². The molecule has 0 N–H and O–H groups in total. The van der Waals surface area contributed by atoms with E-state index in [0.29, 0.717) is 0 Å². The molecule has 0 saturated carbocycles. The quantitative estimate of drug-likeness (QED) is 0.502. The number of aryl methyl sites for hydroxylation is 1. The predicted octanol–water partition coefficient (Wildman–Crippen LogP) is 4.74. The second-order valence-corrected chi connectivity index (χ2v) is 5.64. The van der Waals surface area contributed by atoms with Gasteiger partial charge in [0.2, 0.25) is 5.28 Å². The Hall–Kier alpha value is -1.58. The number of benzene rings is 2. The fourth-order valence-electron chi connectivity index (χ4n) is 1.85. The first kappa shape index (κ1) is 12.5. The van der Waals surface area contributed by atoms with Crippen LogP contribution in [-0.4, -0.2) is 9.97 Å². The molecule has 0 saturated heterocycles. The number of hydrogen-bond donors (Lipinski definition) is 0. The van der Waals surface area contributed by atoms with E-state index in [1.807, 2.05) is 19.1 Å². The Morgan fingerprint density at radius 2 is 1.84 bits per heavy atom. The molecule has 0 unspecified atom stereocenters. The Morgan fingerprint density at radius 1 is 1.05 bits per heavy atom.